The molecule has 1 amide bonds. The number of nitrogen functional groups attached to an aromatic ring is 1. The van der Waals surface area contributed by atoms with Gasteiger partial charge < -0.3 is 15.6 Å². The summed E-state index contributed by atoms with van der Waals surface area (Å²) < 4.78 is 0. The molecule has 6 heteroatoms. The van der Waals surface area contributed by atoms with Crippen molar-refractivity contribution in [3.8, 4) is 0 Å². The molecule has 0 aliphatic heterocycles. The van der Waals surface area contributed by atoms with E-state index in [4.69, 9.17) is 5.73 Å². The Bertz CT molecular complexity index is 676. The summed E-state index contributed by atoms with van der Waals surface area (Å²) in [6.45, 7) is 0. The Kier molecular flexibility index (Phi) is 4.30. The molecule has 0 radical (unpaired) electrons. The summed E-state index contributed by atoms with van der Waals surface area (Å²) in [7, 11) is 0. The molecule has 0 unspecified atom stereocenters. The van der Waals surface area contributed by atoms with Gasteiger partial charge in [-0.2, -0.15) is 5.10 Å². The Hall–Kier alpha value is -3.15. The second-order valence-electron chi connectivity index (χ2n) is 4.23. The summed E-state index contributed by atoms with van der Waals surface area (Å²) in [5.41, 5.74) is 9.64. The van der Waals surface area contributed by atoms with Crippen molar-refractivity contribution >= 4 is 23.8 Å². The third-order valence-corrected chi connectivity index (χ3v) is 2.70. The average Bonchev–Trinajstić information content (AvgIpc) is 2.48. The van der Waals surface area contributed by atoms with E-state index in [0.29, 0.717) is 16.8 Å². The van der Waals surface area contributed by atoms with Gasteiger partial charge in [0.1, 0.15) is 0 Å². The molecule has 2 rings (SSSR count). The van der Waals surface area contributed by atoms with E-state index in [9.17, 15) is 14.7 Å². The fourth-order valence-corrected chi connectivity index (χ4v) is 1.57. The van der Waals surface area contributed by atoms with Crippen LogP contribution >= 0.6 is 0 Å². The van der Waals surface area contributed by atoms with Gasteiger partial charge in [-0.3, -0.25) is 4.79 Å². The van der Waals surface area contributed by atoms with Crippen molar-refractivity contribution in [2.45, 2.75) is 0 Å². The second kappa shape index (κ2) is 6.33. The Morgan fingerprint density at radius 3 is 2.14 bits per heavy atom. The van der Waals surface area contributed by atoms with Gasteiger partial charge in [0.05, 0.1) is 12.2 Å². The summed E-state index contributed by atoms with van der Waals surface area (Å²) in [4.78, 5) is 22.3. The number of anilines is 1. The number of rotatable bonds is 4. The third-order valence-electron chi connectivity index (χ3n) is 2.70. The van der Waals surface area contributed by atoms with Crippen LogP contribution in [-0.2, 0) is 0 Å². The van der Waals surface area contributed by atoms with Crippen LogP contribution in [0, 0.1) is 0 Å². The van der Waals surface area contributed by atoms with Crippen molar-refractivity contribution in [3.05, 3.63) is 65.2 Å². The maximum Gasteiger partial charge on any atom is 0.271 e. The predicted octanol–water partition coefficient (Wildman–Crippen LogP) is 0.396. The van der Waals surface area contributed by atoms with Crippen LogP contribution in [0.2, 0.25) is 0 Å². The predicted molar refractivity (Wildman–Crippen MR) is 76.7 cm³/mol. The number of carbonyl (C=O) groups is 2. The Balaban J connectivity index is 1.97. The first-order valence-electron chi connectivity index (χ1n) is 6.06. The molecule has 0 saturated heterocycles. The van der Waals surface area contributed by atoms with Gasteiger partial charge in [-0.1, -0.05) is 24.3 Å². The van der Waals surface area contributed by atoms with E-state index in [1.54, 1.807) is 36.4 Å². The molecule has 0 heterocycles. The maximum absolute atomic E-state index is 11.7. The molecule has 0 atom stereocenters. The first-order chi connectivity index (χ1) is 10.1. The SMILES string of the molecule is Nc1ccc(C(=O)N/N=C\c2ccc(C(=O)[O-])cc2)cc1. The van der Waals surface area contributed by atoms with Crippen molar-refractivity contribution in [2.24, 2.45) is 5.10 Å². The average molecular weight is 282 g/mol. The number of nitrogens with two attached hydrogens (primary N) is 1. The van der Waals surface area contributed by atoms with E-state index in [0.717, 1.165) is 0 Å². The van der Waals surface area contributed by atoms with E-state index >= 15 is 0 Å². The van der Waals surface area contributed by atoms with Gasteiger partial charge in [-0.15, -0.1) is 0 Å². The van der Waals surface area contributed by atoms with E-state index in [1.165, 1.54) is 18.3 Å². The van der Waals surface area contributed by atoms with E-state index in [1.807, 2.05) is 0 Å². The number of nitrogens with zero attached hydrogens (tertiary/aromatic N) is 1. The van der Waals surface area contributed by atoms with Gasteiger partial charge in [0.2, 0.25) is 0 Å². The molecule has 0 saturated carbocycles. The normalized spacial score (nSPS) is 10.5. The number of benzene rings is 2. The van der Waals surface area contributed by atoms with E-state index in [-0.39, 0.29) is 11.5 Å². The highest BCUT2D eigenvalue weighted by Gasteiger charge is 2.02. The largest absolute Gasteiger partial charge is 0.545 e. The lowest BCUT2D eigenvalue weighted by Gasteiger charge is -2.02. The lowest BCUT2D eigenvalue weighted by molar-refractivity contribution is -0.255. The number of carbonyl (C=O) groups excluding carboxylic acids is 2. The summed E-state index contributed by atoms with van der Waals surface area (Å²) >= 11 is 0. The molecule has 2 aromatic rings. The zero-order valence-corrected chi connectivity index (χ0v) is 10.9. The van der Waals surface area contributed by atoms with Crippen LogP contribution in [0.5, 0.6) is 0 Å². The second-order valence-corrected chi connectivity index (χ2v) is 4.23. The first kappa shape index (κ1) is 14.3. The number of carboxylic acid groups (broad SMARTS) is 1. The fourth-order valence-electron chi connectivity index (χ4n) is 1.57. The summed E-state index contributed by atoms with van der Waals surface area (Å²) in [5, 5.41) is 14.4. The monoisotopic (exact) mass is 282 g/mol. The smallest absolute Gasteiger partial charge is 0.271 e. The van der Waals surface area contributed by atoms with Crippen LogP contribution in [0.3, 0.4) is 0 Å². The van der Waals surface area contributed by atoms with E-state index in [2.05, 4.69) is 10.5 Å². The molecule has 0 aliphatic rings. The first-order valence-corrected chi connectivity index (χ1v) is 6.06. The van der Waals surface area contributed by atoms with Crippen LogP contribution in [0.25, 0.3) is 0 Å². The molecular formula is C15H12N3O3-. The minimum Gasteiger partial charge on any atom is -0.545 e. The molecule has 2 aromatic carbocycles. The Morgan fingerprint density at radius 1 is 1.00 bits per heavy atom. The molecule has 0 aliphatic carbocycles. The van der Waals surface area contributed by atoms with Gasteiger partial charge in [-0.05, 0) is 35.4 Å². The highest BCUT2D eigenvalue weighted by atomic mass is 16.4. The lowest BCUT2D eigenvalue weighted by atomic mass is 10.1. The van der Waals surface area contributed by atoms with E-state index < -0.39 is 5.97 Å². The summed E-state index contributed by atoms with van der Waals surface area (Å²) in [6, 6.07) is 12.4. The van der Waals surface area contributed by atoms with Crippen molar-refractivity contribution in [1.29, 1.82) is 0 Å². The number of hydrazone groups is 1. The number of amides is 1. The van der Waals surface area contributed by atoms with Gasteiger partial charge in [0, 0.05) is 11.3 Å². The zero-order chi connectivity index (χ0) is 15.2. The Labute approximate surface area is 120 Å². The topological polar surface area (TPSA) is 108 Å². The molecule has 106 valence electrons. The highest BCUT2D eigenvalue weighted by Crippen LogP contribution is 2.05. The minimum atomic E-state index is -1.24. The van der Waals surface area contributed by atoms with Crippen molar-refractivity contribution < 1.29 is 14.7 Å². The lowest BCUT2D eigenvalue weighted by Crippen LogP contribution is -2.22. The van der Waals surface area contributed by atoms with Crippen LogP contribution < -0.4 is 16.3 Å². The van der Waals surface area contributed by atoms with Gasteiger partial charge in [0.15, 0.2) is 0 Å². The molecule has 21 heavy (non-hydrogen) atoms. The van der Waals surface area contributed by atoms with Gasteiger partial charge in [0.25, 0.3) is 5.91 Å². The summed E-state index contributed by atoms with van der Waals surface area (Å²) in [6.07, 6.45) is 1.41. The summed E-state index contributed by atoms with van der Waals surface area (Å²) in [5.74, 6) is -1.60. The molecule has 0 spiro atoms. The van der Waals surface area contributed by atoms with Crippen LogP contribution in [0.4, 0.5) is 5.69 Å². The number of carboxylic acids is 1. The van der Waals surface area contributed by atoms with Crippen LogP contribution in [0.15, 0.2) is 53.6 Å². The molecule has 6 nitrogen and oxygen atoms in total. The van der Waals surface area contributed by atoms with Crippen LogP contribution in [-0.4, -0.2) is 18.1 Å². The van der Waals surface area contributed by atoms with Gasteiger partial charge >= 0.3 is 0 Å². The molecular weight excluding hydrogens is 270 g/mol. The maximum atomic E-state index is 11.7. The minimum absolute atomic E-state index is 0.0815. The number of hydrogen-bond donors (Lipinski definition) is 2. The van der Waals surface area contributed by atoms with Gasteiger partial charge in [-0.25, -0.2) is 5.43 Å². The third kappa shape index (κ3) is 3.90. The van der Waals surface area contributed by atoms with Crippen molar-refractivity contribution in [2.75, 3.05) is 5.73 Å². The highest BCUT2D eigenvalue weighted by molar-refractivity contribution is 5.95. The number of nitrogens with one attached hydrogen (secondary N) is 1. The Morgan fingerprint density at radius 2 is 1.57 bits per heavy atom. The number of aromatic carboxylic acids is 1. The standard InChI is InChI=1S/C15H13N3O3/c16-13-7-5-11(6-8-13)14(19)18-17-9-10-1-3-12(4-2-10)15(20)21/h1-9H,16H2,(H,18,19)(H,20,21)/p-1/b17-9-. The van der Waals surface area contributed by atoms with Crippen molar-refractivity contribution in [1.82, 2.24) is 5.43 Å². The number of hydrogen-bond acceptors (Lipinski definition) is 5. The van der Waals surface area contributed by atoms with Crippen molar-refractivity contribution in [3.63, 3.8) is 0 Å². The molecule has 0 fully saturated rings. The zero-order valence-electron chi connectivity index (χ0n) is 10.9. The molecule has 3 N–H and O–H groups in total. The quantitative estimate of drug-likeness (QED) is 0.480. The molecule has 0 aromatic heterocycles. The molecule has 0 bridgehead atoms. The van der Waals surface area contributed by atoms with Crippen LogP contribution in [0.1, 0.15) is 26.3 Å². The fraction of sp³-hybridized carbons (Fsp3) is 0.